The van der Waals surface area contributed by atoms with Crippen LogP contribution in [-0.2, 0) is 17.3 Å². The third-order valence-corrected chi connectivity index (χ3v) is 6.93. The van der Waals surface area contributed by atoms with E-state index in [1.807, 2.05) is 44.0 Å². The normalized spacial score (nSPS) is 13.1. The Kier molecular flexibility index (Phi) is 12.8. The number of carbonyl (C=O) groups excluding carboxylic acids is 1. The molecule has 0 bridgehead atoms. The van der Waals surface area contributed by atoms with Gasteiger partial charge in [0.2, 0.25) is 6.41 Å². The van der Waals surface area contributed by atoms with Gasteiger partial charge in [-0.15, -0.1) is 10.4 Å². The average molecular weight is 742 g/mol. The van der Waals surface area contributed by atoms with Gasteiger partial charge in [-0.05, 0) is 50.0 Å². The molecule has 44 heavy (non-hydrogen) atoms. The van der Waals surface area contributed by atoms with Crippen molar-refractivity contribution < 1.29 is 82.5 Å². The molecule has 0 saturated carbocycles. The summed E-state index contributed by atoms with van der Waals surface area (Å²) < 4.78 is 30.3. The summed E-state index contributed by atoms with van der Waals surface area (Å²) in [6.07, 6.45) is 9.87. The molecule has 0 saturated heterocycles. The second-order valence-electron chi connectivity index (χ2n) is 10.6. The molecule has 0 spiro atoms. The number of amides is 1. The average Bonchev–Trinajstić information content (AvgIpc) is 3.73. The van der Waals surface area contributed by atoms with Crippen LogP contribution < -0.4 is 74.2 Å². The maximum Gasteiger partial charge on any atom is 1.00 e. The van der Waals surface area contributed by atoms with Gasteiger partial charge in [0, 0.05) is 18.4 Å². The number of hydrogen-bond acceptors (Lipinski definition) is 6. The second kappa shape index (κ2) is 15.7. The predicted molar refractivity (Wildman–Crippen MR) is 162 cm³/mol. The van der Waals surface area contributed by atoms with Crippen LogP contribution in [0.4, 0.5) is 14.5 Å². The van der Waals surface area contributed by atoms with Gasteiger partial charge in [0.15, 0.2) is 5.82 Å². The van der Waals surface area contributed by atoms with Crippen molar-refractivity contribution in [2.24, 2.45) is 7.05 Å². The Morgan fingerprint density at radius 1 is 1.14 bits per heavy atom. The molecule has 5 heterocycles. The number of nitrogens with zero attached hydrogens (tertiary/aromatic N) is 8. The van der Waals surface area contributed by atoms with Crippen molar-refractivity contribution in [3.63, 3.8) is 0 Å². The van der Waals surface area contributed by atoms with Gasteiger partial charge in [0.25, 0.3) is 0 Å². The molecule has 10 nitrogen and oxygen atoms in total. The number of aryl methyl sites for hydroxylation is 3. The van der Waals surface area contributed by atoms with Crippen LogP contribution in [0.15, 0.2) is 48.7 Å². The third kappa shape index (κ3) is 8.59. The van der Waals surface area contributed by atoms with E-state index in [-0.39, 0.29) is 86.0 Å². The maximum atomic E-state index is 13.9. The van der Waals surface area contributed by atoms with Gasteiger partial charge in [-0.1, -0.05) is 50.6 Å². The molecule has 0 aromatic carbocycles. The van der Waals surface area contributed by atoms with Crippen molar-refractivity contribution in [1.82, 2.24) is 39.4 Å². The van der Waals surface area contributed by atoms with Crippen molar-refractivity contribution in [1.29, 1.82) is 0 Å². The van der Waals surface area contributed by atoms with Crippen LogP contribution in [0.5, 0.6) is 0 Å². The van der Waals surface area contributed by atoms with E-state index in [4.69, 9.17) is 11.6 Å². The first-order valence-corrected chi connectivity index (χ1v) is 13.9. The van der Waals surface area contributed by atoms with Crippen molar-refractivity contribution in [3.05, 3.63) is 94.3 Å². The van der Waals surface area contributed by atoms with Crippen LogP contribution >= 0.6 is 11.6 Å². The van der Waals surface area contributed by atoms with E-state index < -0.39 is 0 Å². The van der Waals surface area contributed by atoms with Crippen molar-refractivity contribution in [2.75, 3.05) is 5.32 Å². The topological polar surface area (TPSA) is 108 Å². The smallest absolute Gasteiger partial charge is 0.327 e. The predicted octanol–water partition coefficient (Wildman–Crippen LogP) is 3.35. The number of nitrogens with one attached hydrogen (secondary N) is 1. The molecule has 6 rings (SSSR count). The molecule has 0 radical (unpaired) electrons. The summed E-state index contributed by atoms with van der Waals surface area (Å²) in [6.45, 7) is 9.87. The largest absolute Gasteiger partial charge is 1.00 e. The molecule has 0 unspecified atom stereocenters. The number of rotatable bonds is 5. The summed E-state index contributed by atoms with van der Waals surface area (Å²) in [6, 6.07) is 6.91. The van der Waals surface area contributed by atoms with Gasteiger partial charge in [0.1, 0.15) is 5.83 Å². The molecule has 5 aromatic heterocycles. The Balaban J connectivity index is 0.000000181. The monoisotopic (exact) mass is 741 g/mol. The fourth-order valence-electron chi connectivity index (χ4n) is 4.61. The summed E-state index contributed by atoms with van der Waals surface area (Å²) in [5.74, 6) is 0.170. The first-order valence-electron chi connectivity index (χ1n) is 13.5. The van der Waals surface area contributed by atoms with Gasteiger partial charge in [0.05, 0.1) is 46.4 Å². The number of fused-ring (bicyclic) bond motifs is 3. The second-order valence-corrected chi connectivity index (χ2v) is 11.0. The molecular formula is C30H33ClCsF2N9O. The zero-order valence-corrected chi connectivity index (χ0v) is 32.8. The zero-order valence-electron chi connectivity index (χ0n) is 25.8. The standard InChI is InChI=1S/C13H14FN2.C9H13FN2.C8H6ClN5O.Cs/c1-8-6-9-7-11(14)10-4-5-13(2,3)12(10)16(9)15-8;1-4-8(10)6-9-5-7(2)11-12(9)3;9-7-3-6(11-5-15)4-10-8(7)14-12-1-2-13-14;/h4,6-7H,5H2,1-3H3;5-6H,4H2,1-3H3;1-5H,(H,11,15);/q-1;;;+1/b;8-6+;;. The van der Waals surface area contributed by atoms with Gasteiger partial charge < -0.3 is 5.32 Å². The van der Waals surface area contributed by atoms with Crippen LogP contribution in [0.3, 0.4) is 0 Å². The Labute approximate surface area is 318 Å². The fourth-order valence-corrected chi connectivity index (χ4v) is 4.86. The van der Waals surface area contributed by atoms with E-state index in [0.717, 1.165) is 40.3 Å². The number of aromatic nitrogens is 8. The minimum Gasteiger partial charge on any atom is -0.327 e. The van der Waals surface area contributed by atoms with Crippen LogP contribution in [0.1, 0.15) is 62.0 Å². The molecule has 226 valence electrons. The van der Waals surface area contributed by atoms with E-state index in [9.17, 15) is 13.6 Å². The molecule has 14 heteroatoms. The molecule has 1 aliphatic carbocycles. The SMILES string of the molecule is CC/C(F)=C\c1cc(C)nn1C.Cc1cc2cc(F)c3c(n2n1)C(C)(C)C[CH-]3.O=CNc1cnc(-n2nccn2)c(Cl)c1.[Cs+]. The summed E-state index contributed by atoms with van der Waals surface area (Å²) in [5, 5.41) is 19.1. The number of halogens is 3. The molecule has 0 aliphatic heterocycles. The molecule has 1 aliphatic rings. The van der Waals surface area contributed by atoms with E-state index in [0.29, 0.717) is 29.4 Å². The first-order chi connectivity index (χ1) is 20.4. The summed E-state index contributed by atoms with van der Waals surface area (Å²) in [5.41, 5.74) is 5.70. The number of hydrogen-bond donors (Lipinski definition) is 1. The van der Waals surface area contributed by atoms with Crippen molar-refractivity contribution >= 4 is 35.3 Å². The maximum absolute atomic E-state index is 13.9. The summed E-state index contributed by atoms with van der Waals surface area (Å²) in [4.78, 5) is 15.5. The third-order valence-electron chi connectivity index (χ3n) is 6.65. The van der Waals surface area contributed by atoms with E-state index in [2.05, 4.69) is 44.5 Å². The molecule has 1 amide bonds. The van der Waals surface area contributed by atoms with Gasteiger partial charge in [-0.3, -0.25) is 18.4 Å². The molecule has 5 aromatic rings. The fraction of sp³-hybridized carbons (Fsp3) is 0.300. The summed E-state index contributed by atoms with van der Waals surface area (Å²) >= 11 is 5.94. The van der Waals surface area contributed by atoms with E-state index in [1.54, 1.807) is 23.7 Å². The quantitative estimate of drug-likeness (QED) is 0.219. The Hall–Kier alpha value is -2.53. The van der Waals surface area contributed by atoms with Gasteiger partial charge in [-0.2, -0.15) is 26.8 Å². The zero-order chi connectivity index (χ0) is 31.3. The molecule has 0 fully saturated rings. The number of anilines is 1. The van der Waals surface area contributed by atoms with Crippen LogP contribution in [0.2, 0.25) is 5.02 Å². The van der Waals surface area contributed by atoms with E-state index >= 15 is 0 Å². The van der Waals surface area contributed by atoms with Crippen molar-refractivity contribution in [3.8, 4) is 5.82 Å². The van der Waals surface area contributed by atoms with Gasteiger partial charge in [-0.25, -0.2) is 9.37 Å². The van der Waals surface area contributed by atoms with Crippen molar-refractivity contribution in [2.45, 2.75) is 52.9 Å². The first kappa shape index (κ1) is 35.9. The minimum absolute atomic E-state index is 0. The molecular weight excluding hydrogens is 709 g/mol. The van der Waals surface area contributed by atoms with E-state index in [1.165, 1.54) is 29.5 Å². The number of allylic oxidation sites excluding steroid dienone is 1. The minimum atomic E-state index is -0.132. The summed E-state index contributed by atoms with van der Waals surface area (Å²) in [7, 11) is 1.81. The van der Waals surface area contributed by atoms with Gasteiger partial charge >= 0.3 is 68.9 Å². The molecule has 1 N–H and O–H groups in total. The Morgan fingerprint density at radius 2 is 1.82 bits per heavy atom. The van der Waals surface area contributed by atoms with Crippen LogP contribution in [-0.4, -0.2) is 45.8 Å². The van der Waals surface area contributed by atoms with Crippen LogP contribution in [0.25, 0.3) is 17.4 Å². The Morgan fingerprint density at radius 3 is 2.41 bits per heavy atom. The Bertz CT molecular complexity index is 1760. The number of carbonyl (C=O) groups is 1. The molecule has 0 atom stereocenters. The van der Waals surface area contributed by atoms with Crippen LogP contribution in [0, 0.1) is 26.1 Å². The number of pyridine rings is 2.